The minimum Gasteiger partial charge on any atom is -0.462 e. The smallest absolute Gasteiger partial charge is 0.340 e. The summed E-state index contributed by atoms with van der Waals surface area (Å²) in [7, 11) is 0. The molecule has 0 unspecified atom stereocenters. The lowest BCUT2D eigenvalue weighted by atomic mass is 10.1. The maximum absolute atomic E-state index is 13.2. The highest BCUT2D eigenvalue weighted by Gasteiger charge is 2.34. The third-order valence-electron chi connectivity index (χ3n) is 6.41. The molecule has 0 atom stereocenters. The molecule has 0 N–H and O–H groups in total. The third-order valence-corrected chi connectivity index (χ3v) is 6.41. The first-order valence-electron chi connectivity index (χ1n) is 13.8. The molecule has 1 saturated heterocycles. The van der Waals surface area contributed by atoms with Crippen LogP contribution in [0.3, 0.4) is 0 Å². The highest BCUT2D eigenvalue weighted by molar-refractivity contribution is 6.12. The number of allylic oxidation sites excluding steroid dienone is 4. The summed E-state index contributed by atoms with van der Waals surface area (Å²) < 4.78 is 11.1. The predicted molar refractivity (Wildman–Crippen MR) is 164 cm³/mol. The fraction of sp³-hybridized carbons (Fsp3) is 0.206. The number of amides is 1. The van der Waals surface area contributed by atoms with Crippen LogP contribution in [-0.2, 0) is 14.3 Å². The van der Waals surface area contributed by atoms with Crippen molar-refractivity contribution in [3.63, 3.8) is 0 Å². The Balaban J connectivity index is 1.64. The maximum atomic E-state index is 13.2. The van der Waals surface area contributed by atoms with Crippen molar-refractivity contribution in [2.75, 3.05) is 18.1 Å². The first kappa shape index (κ1) is 29.1. The molecule has 41 heavy (non-hydrogen) atoms. The zero-order chi connectivity index (χ0) is 29.2. The lowest BCUT2D eigenvalue weighted by molar-refractivity contribution is -0.122. The van der Waals surface area contributed by atoms with Crippen LogP contribution in [0, 0.1) is 0 Å². The Morgan fingerprint density at radius 3 is 2.29 bits per heavy atom. The molecule has 7 heteroatoms. The molecule has 4 rings (SSSR count). The van der Waals surface area contributed by atoms with E-state index < -0.39 is 5.97 Å². The van der Waals surface area contributed by atoms with Gasteiger partial charge < -0.3 is 14.4 Å². The normalized spacial score (nSPS) is 15.6. The lowest BCUT2D eigenvalue weighted by Gasteiger charge is -2.27. The number of carbonyl (C=O) groups excluding carboxylic acids is 2. The summed E-state index contributed by atoms with van der Waals surface area (Å²) in [4.78, 5) is 33.8. The first-order chi connectivity index (χ1) is 20.0. The van der Waals surface area contributed by atoms with Crippen LogP contribution in [0.1, 0.15) is 50.0 Å². The number of anilines is 2. The van der Waals surface area contributed by atoms with Crippen LogP contribution in [0.5, 0.6) is 0 Å². The van der Waals surface area contributed by atoms with Gasteiger partial charge >= 0.3 is 12.0 Å². The monoisotopic (exact) mass is 549 g/mol. The molecule has 0 aliphatic carbocycles. The molecule has 1 aliphatic heterocycles. The number of hydrogen-bond acceptors (Lipinski definition) is 6. The second-order valence-electron chi connectivity index (χ2n) is 9.09. The summed E-state index contributed by atoms with van der Waals surface area (Å²) in [6.45, 7) is 8.34. The third kappa shape index (κ3) is 6.81. The van der Waals surface area contributed by atoms with Gasteiger partial charge in [-0.3, -0.25) is 9.69 Å². The van der Waals surface area contributed by atoms with Crippen LogP contribution in [0.15, 0.2) is 114 Å². The van der Waals surface area contributed by atoms with Crippen LogP contribution >= 0.6 is 0 Å². The van der Waals surface area contributed by atoms with E-state index in [1.807, 2.05) is 68.5 Å². The van der Waals surface area contributed by atoms with Crippen molar-refractivity contribution < 1.29 is 19.1 Å². The van der Waals surface area contributed by atoms with E-state index in [-0.39, 0.29) is 24.3 Å². The SMILES string of the molecule is C/C=C\C=C(/CC)N(c1ccccc1)c1ccc(/C=C2/O/C(=N/c3ccccc3C(=O)OCC)N(CC)C2=O)cc1. The predicted octanol–water partition coefficient (Wildman–Crippen LogP) is 7.78. The summed E-state index contributed by atoms with van der Waals surface area (Å²) in [6, 6.07) is 25.1. The molecule has 1 amide bonds. The average Bonchev–Trinajstić information content (AvgIpc) is 3.29. The van der Waals surface area contributed by atoms with Crippen LogP contribution in [0.2, 0.25) is 0 Å². The minimum absolute atomic E-state index is 0.120. The van der Waals surface area contributed by atoms with Gasteiger partial charge in [-0.15, -0.1) is 0 Å². The topological polar surface area (TPSA) is 71.4 Å². The Morgan fingerprint density at radius 2 is 1.63 bits per heavy atom. The number of amidine groups is 1. The summed E-state index contributed by atoms with van der Waals surface area (Å²) in [5, 5.41) is 0. The zero-order valence-corrected chi connectivity index (χ0v) is 23.9. The van der Waals surface area contributed by atoms with E-state index in [1.165, 1.54) is 4.90 Å². The molecule has 3 aromatic carbocycles. The molecule has 0 aromatic heterocycles. The van der Waals surface area contributed by atoms with Gasteiger partial charge in [0.15, 0.2) is 5.76 Å². The Morgan fingerprint density at radius 1 is 0.951 bits per heavy atom. The van der Waals surface area contributed by atoms with E-state index in [1.54, 1.807) is 37.3 Å². The first-order valence-corrected chi connectivity index (χ1v) is 13.8. The van der Waals surface area contributed by atoms with Crippen molar-refractivity contribution in [1.29, 1.82) is 0 Å². The van der Waals surface area contributed by atoms with Crippen molar-refractivity contribution in [2.24, 2.45) is 4.99 Å². The average molecular weight is 550 g/mol. The Hall–Kier alpha value is -4.91. The second kappa shape index (κ2) is 13.9. The molecule has 210 valence electrons. The molecule has 1 heterocycles. The number of nitrogens with zero attached hydrogens (tertiary/aromatic N) is 3. The quantitative estimate of drug-likeness (QED) is 0.147. The van der Waals surface area contributed by atoms with Gasteiger partial charge in [0.05, 0.1) is 17.9 Å². The van der Waals surface area contributed by atoms with Gasteiger partial charge in [-0.25, -0.2) is 4.79 Å². The van der Waals surface area contributed by atoms with Crippen molar-refractivity contribution in [3.8, 4) is 0 Å². The summed E-state index contributed by atoms with van der Waals surface area (Å²) in [6.07, 6.45) is 8.73. The number of esters is 1. The summed E-state index contributed by atoms with van der Waals surface area (Å²) in [5.74, 6) is -0.612. The van der Waals surface area contributed by atoms with Gasteiger partial charge in [-0.2, -0.15) is 4.99 Å². The number of para-hydroxylation sites is 2. The molecular weight excluding hydrogens is 514 g/mol. The molecule has 0 bridgehead atoms. The molecule has 1 fully saturated rings. The number of aliphatic imine (C=N–C) groups is 1. The van der Waals surface area contributed by atoms with Gasteiger partial charge in [0.25, 0.3) is 5.91 Å². The Bertz CT molecular complexity index is 1490. The highest BCUT2D eigenvalue weighted by Crippen LogP contribution is 2.32. The van der Waals surface area contributed by atoms with Crippen molar-refractivity contribution >= 4 is 41.0 Å². The van der Waals surface area contributed by atoms with E-state index in [4.69, 9.17) is 9.47 Å². The van der Waals surface area contributed by atoms with Gasteiger partial charge in [-0.1, -0.05) is 61.5 Å². The number of benzene rings is 3. The Labute approximate surface area is 241 Å². The molecular formula is C34H35N3O4. The molecule has 0 radical (unpaired) electrons. The van der Waals surface area contributed by atoms with Crippen LogP contribution in [-0.4, -0.2) is 35.9 Å². The Kier molecular flexibility index (Phi) is 9.89. The van der Waals surface area contributed by atoms with E-state index in [9.17, 15) is 9.59 Å². The number of carbonyl (C=O) groups is 2. The zero-order valence-electron chi connectivity index (χ0n) is 23.9. The standard InChI is InChI=1S/C34H35N3O4/c1-5-9-15-26(6-2)37(27-16-11-10-12-17-27)28-22-20-25(21-23-28)24-31-32(38)36(7-3)34(41-31)35-30-19-14-13-18-29(30)33(39)40-8-4/h5,9-24H,6-8H2,1-4H3/b9-5-,26-15+,31-24+,35-34+. The maximum Gasteiger partial charge on any atom is 0.340 e. The van der Waals surface area contributed by atoms with Crippen molar-refractivity contribution in [2.45, 2.75) is 34.1 Å². The van der Waals surface area contributed by atoms with Crippen LogP contribution < -0.4 is 4.90 Å². The van der Waals surface area contributed by atoms with E-state index in [2.05, 4.69) is 35.0 Å². The molecule has 0 saturated carbocycles. The van der Waals surface area contributed by atoms with Crippen LogP contribution in [0.25, 0.3) is 6.08 Å². The fourth-order valence-corrected chi connectivity index (χ4v) is 4.41. The molecule has 7 nitrogen and oxygen atoms in total. The lowest BCUT2D eigenvalue weighted by Crippen LogP contribution is -2.29. The van der Waals surface area contributed by atoms with Crippen molar-refractivity contribution in [1.82, 2.24) is 4.90 Å². The van der Waals surface area contributed by atoms with Gasteiger partial charge in [0.2, 0.25) is 0 Å². The molecule has 3 aromatic rings. The highest BCUT2D eigenvalue weighted by atomic mass is 16.5. The van der Waals surface area contributed by atoms with E-state index in [0.29, 0.717) is 17.8 Å². The molecule has 1 aliphatic rings. The number of hydrogen-bond donors (Lipinski definition) is 0. The van der Waals surface area contributed by atoms with Gasteiger partial charge in [-0.05, 0) is 81.3 Å². The van der Waals surface area contributed by atoms with E-state index in [0.717, 1.165) is 29.1 Å². The number of ether oxygens (including phenoxy) is 2. The molecule has 0 spiro atoms. The van der Waals surface area contributed by atoms with E-state index >= 15 is 0 Å². The van der Waals surface area contributed by atoms with Crippen LogP contribution in [0.4, 0.5) is 17.1 Å². The second-order valence-corrected chi connectivity index (χ2v) is 9.09. The van der Waals surface area contributed by atoms with Gasteiger partial charge in [0, 0.05) is 23.6 Å². The number of likely N-dealkylation sites (N-methyl/N-ethyl adjacent to an activating group) is 1. The summed E-state index contributed by atoms with van der Waals surface area (Å²) >= 11 is 0. The van der Waals surface area contributed by atoms with Gasteiger partial charge in [0.1, 0.15) is 0 Å². The largest absolute Gasteiger partial charge is 0.462 e. The van der Waals surface area contributed by atoms with Crippen molar-refractivity contribution in [3.05, 3.63) is 120 Å². The summed E-state index contributed by atoms with van der Waals surface area (Å²) in [5.41, 5.74) is 4.70. The minimum atomic E-state index is -0.480. The number of rotatable bonds is 10. The fourth-order valence-electron chi connectivity index (χ4n) is 4.41.